The Bertz CT molecular complexity index is 763. The van der Waals surface area contributed by atoms with Gasteiger partial charge < -0.3 is 15.2 Å². The number of hydrogen-bond acceptors (Lipinski definition) is 5. The number of carboxylic acid groups (broad SMARTS) is 1. The summed E-state index contributed by atoms with van der Waals surface area (Å²) in [6.07, 6.45) is 2.38. The molecule has 8 nitrogen and oxygen atoms in total. The Morgan fingerprint density at radius 3 is 2.56 bits per heavy atom. The first-order valence-electron chi connectivity index (χ1n) is 8.91. The fourth-order valence-electron chi connectivity index (χ4n) is 3.16. The minimum absolute atomic E-state index is 0.0600. The molecule has 0 aromatic heterocycles. The lowest BCUT2D eigenvalue weighted by Crippen LogP contribution is -2.47. The van der Waals surface area contributed by atoms with E-state index in [9.17, 15) is 23.1 Å². The molecule has 1 saturated heterocycles. The molecule has 0 unspecified atom stereocenters. The highest BCUT2D eigenvalue weighted by molar-refractivity contribution is 7.88. The van der Waals surface area contributed by atoms with E-state index in [4.69, 9.17) is 4.74 Å². The van der Waals surface area contributed by atoms with Crippen LogP contribution in [0.3, 0.4) is 0 Å². The molecule has 1 amide bonds. The van der Waals surface area contributed by atoms with Gasteiger partial charge in [-0.1, -0.05) is 12.1 Å². The van der Waals surface area contributed by atoms with Crippen molar-refractivity contribution >= 4 is 21.9 Å². The van der Waals surface area contributed by atoms with Crippen LogP contribution in [0, 0.1) is 5.92 Å². The number of aliphatic carboxylic acids is 1. The molecular weight excluding hydrogens is 372 g/mol. The van der Waals surface area contributed by atoms with Gasteiger partial charge in [0.1, 0.15) is 11.8 Å². The molecule has 9 heteroatoms. The molecule has 0 bridgehead atoms. The van der Waals surface area contributed by atoms with Gasteiger partial charge in [-0.05, 0) is 43.9 Å². The summed E-state index contributed by atoms with van der Waals surface area (Å²) in [6.45, 7) is 2.68. The maximum Gasteiger partial charge on any atom is 0.308 e. The number of carbonyl (C=O) groups is 2. The first kappa shape index (κ1) is 21.2. The molecule has 2 rings (SSSR count). The van der Waals surface area contributed by atoms with E-state index in [1.165, 1.54) is 4.31 Å². The molecule has 0 spiro atoms. The molecule has 1 heterocycles. The van der Waals surface area contributed by atoms with Crippen LogP contribution in [-0.4, -0.2) is 61.7 Å². The summed E-state index contributed by atoms with van der Waals surface area (Å²) in [5.41, 5.74) is 0.818. The summed E-state index contributed by atoms with van der Waals surface area (Å²) >= 11 is 0. The Kier molecular flexibility index (Phi) is 7.20. The average Bonchev–Trinajstić information content (AvgIpc) is 3.10. The van der Waals surface area contributed by atoms with Gasteiger partial charge >= 0.3 is 5.97 Å². The van der Waals surface area contributed by atoms with E-state index in [0.717, 1.165) is 11.8 Å². The molecule has 150 valence electrons. The number of amides is 1. The number of nitrogens with one attached hydrogen (secondary N) is 1. The molecule has 1 aromatic carbocycles. The van der Waals surface area contributed by atoms with Crippen molar-refractivity contribution in [3.05, 3.63) is 29.8 Å². The molecule has 1 aliphatic heterocycles. The van der Waals surface area contributed by atoms with Gasteiger partial charge in [0, 0.05) is 13.1 Å². The number of nitrogens with zero attached hydrogens (tertiary/aromatic N) is 1. The van der Waals surface area contributed by atoms with Crippen LogP contribution >= 0.6 is 0 Å². The Balaban J connectivity index is 1.96. The normalized spacial score (nSPS) is 18.8. The van der Waals surface area contributed by atoms with Gasteiger partial charge in [0.2, 0.25) is 15.9 Å². The smallest absolute Gasteiger partial charge is 0.308 e. The summed E-state index contributed by atoms with van der Waals surface area (Å²) in [5.74, 6) is -1.56. The monoisotopic (exact) mass is 398 g/mol. The van der Waals surface area contributed by atoms with Crippen molar-refractivity contribution in [2.45, 2.75) is 32.2 Å². The number of ether oxygens (including phenoxy) is 1. The van der Waals surface area contributed by atoms with Crippen molar-refractivity contribution in [2.75, 3.05) is 26.0 Å². The SMILES string of the molecule is CCOc1ccc(C[C@@H](CNC(=O)[C@H]2CCCN2S(C)(=O)=O)C(=O)O)cc1. The van der Waals surface area contributed by atoms with Gasteiger partial charge in [-0.15, -0.1) is 0 Å². The van der Waals surface area contributed by atoms with E-state index >= 15 is 0 Å². The quantitative estimate of drug-likeness (QED) is 0.638. The van der Waals surface area contributed by atoms with Crippen LogP contribution in [0.25, 0.3) is 0 Å². The van der Waals surface area contributed by atoms with Gasteiger partial charge in [0.25, 0.3) is 0 Å². The Labute approximate surface area is 159 Å². The third kappa shape index (κ3) is 5.93. The maximum absolute atomic E-state index is 12.4. The Morgan fingerprint density at radius 1 is 1.33 bits per heavy atom. The number of carbonyl (C=O) groups excluding carboxylic acids is 1. The Hall–Kier alpha value is -2.13. The van der Waals surface area contributed by atoms with Crippen LogP contribution in [-0.2, 0) is 26.0 Å². The van der Waals surface area contributed by atoms with Gasteiger partial charge in [-0.25, -0.2) is 8.42 Å². The molecule has 2 atom stereocenters. The molecule has 1 aliphatic rings. The van der Waals surface area contributed by atoms with E-state index in [2.05, 4.69) is 5.32 Å². The lowest BCUT2D eigenvalue weighted by molar-refractivity contribution is -0.141. The third-order valence-electron chi connectivity index (χ3n) is 4.52. The molecule has 0 aliphatic carbocycles. The van der Waals surface area contributed by atoms with Crippen LogP contribution in [0.1, 0.15) is 25.3 Å². The molecule has 2 N–H and O–H groups in total. The molecule has 1 fully saturated rings. The van der Waals surface area contributed by atoms with Crippen molar-refractivity contribution in [3.8, 4) is 5.75 Å². The largest absolute Gasteiger partial charge is 0.494 e. The van der Waals surface area contributed by atoms with Crippen LogP contribution in [0.4, 0.5) is 0 Å². The second kappa shape index (κ2) is 9.18. The van der Waals surface area contributed by atoms with E-state index in [-0.39, 0.29) is 13.0 Å². The molecular formula is C18H26N2O6S. The minimum atomic E-state index is -3.46. The predicted molar refractivity (Wildman–Crippen MR) is 100 cm³/mol. The van der Waals surface area contributed by atoms with E-state index in [1.54, 1.807) is 24.3 Å². The number of sulfonamides is 1. The van der Waals surface area contributed by atoms with Crippen molar-refractivity contribution in [1.82, 2.24) is 9.62 Å². The highest BCUT2D eigenvalue weighted by Gasteiger charge is 2.36. The summed E-state index contributed by atoms with van der Waals surface area (Å²) in [5, 5.41) is 12.1. The van der Waals surface area contributed by atoms with Crippen LogP contribution in [0.15, 0.2) is 24.3 Å². The molecule has 0 saturated carbocycles. The fourth-order valence-corrected chi connectivity index (χ4v) is 4.28. The fraction of sp³-hybridized carbons (Fsp3) is 0.556. The van der Waals surface area contributed by atoms with Crippen molar-refractivity contribution in [2.24, 2.45) is 5.92 Å². The first-order chi connectivity index (χ1) is 12.7. The van der Waals surface area contributed by atoms with Crippen molar-refractivity contribution in [3.63, 3.8) is 0 Å². The summed E-state index contributed by atoms with van der Waals surface area (Å²) in [6, 6.07) is 6.38. The van der Waals surface area contributed by atoms with Gasteiger partial charge in [-0.2, -0.15) is 4.31 Å². The summed E-state index contributed by atoms with van der Waals surface area (Å²) < 4.78 is 30.0. The van der Waals surface area contributed by atoms with E-state index in [0.29, 0.717) is 31.7 Å². The van der Waals surface area contributed by atoms with Crippen LogP contribution in [0.2, 0.25) is 0 Å². The van der Waals surface area contributed by atoms with Gasteiger partial charge in [0.05, 0.1) is 18.8 Å². The topological polar surface area (TPSA) is 113 Å². The number of carboxylic acids is 1. The maximum atomic E-state index is 12.4. The zero-order valence-electron chi connectivity index (χ0n) is 15.6. The van der Waals surface area contributed by atoms with Crippen LogP contribution < -0.4 is 10.1 Å². The highest BCUT2D eigenvalue weighted by Crippen LogP contribution is 2.21. The zero-order valence-corrected chi connectivity index (χ0v) is 16.4. The first-order valence-corrected chi connectivity index (χ1v) is 10.8. The lowest BCUT2D eigenvalue weighted by atomic mass is 9.99. The molecule has 27 heavy (non-hydrogen) atoms. The second-order valence-corrected chi connectivity index (χ2v) is 8.53. The number of rotatable bonds is 9. The minimum Gasteiger partial charge on any atom is -0.494 e. The number of hydrogen-bond donors (Lipinski definition) is 2. The lowest BCUT2D eigenvalue weighted by Gasteiger charge is -2.22. The van der Waals surface area contributed by atoms with E-state index in [1.807, 2.05) is 6.92 Å². The van der Waals surface area contributed by atoms with E-state index < -0.39 is 33.9 Å². The van der Waals surface area contributed by atoms with Crippen LogP contribution in [0.5, 0.6) is 5.75 Å². The van der Waals surface area contributed by atoms with Gasteiger partial charge in [0.15, 0.2) is 0 Å². The molecule has 0 radical (unpaired) electrons. The summed E-state index contributed by atoms with van der Waals surface area (Å²) in [7, 11) is -3.46. The van der Waals surface area contributed by atoms with Gasteiger partial charge in [-0.3, -0.25) is 9.59 Å². The zero-order chi connectivity index (χ0) is 20.0. The second-order valence-electron chi connectivity index (χ2n) is 6.59. The number of benzene rings is 1. The Morgan fingerprint density at radius 2 is 2.00 bits per heavy atom. The van der Waals surface area contributed by atoms with Crippen molar-refractivity contribution in [1.29, 1.82) is 0 Å². The third-order valence-corrected chi connectivity index (χ3v) is 5.81. The molecule has 1 aromatic rings. The standard InChI is InChI=1S/C18H26N2O6S/c1-3-26-15-8-6-13(7-9-15)11-14(18(22)23)12-19-17(21)16-5-4-10-20(16)27(2,24)25/h6-9,14,16H,3-5,10-12H2,1-2H3,(H,19,21)(H,22,23)/t14-,16+/m0/s1. The average molecular weight is 398 g/mol. The highest BCUT2D eigenvalue weighted by atomic mass is 32.2. The predicted octanol–water partition coefficient (Wildman–Crippen LogP) is 0.869. The summed E-state index contributed by atoms with van der Waals surface area (Å²) in [4.78, 5) is 23.9. The van der Waals surface area contributed by atoms with Crippen molar-refractivity contribution < 1.29 is 27.9 Å².